The summed E-state index contributed by atoms with van der Waals surface area (Å²) >= 11 is 2.19. The zero-order valence-corrected chi connectivity index (χ0v) is 24.9. The number of carbonyl (C=O) groups is 2. The lowest BCUT2D eigenvalue weighted by atomic mass is 9.80. The summed E-state index contributed by atoms with van der Waals surface area (Å²) < 4.78 is 58.8. The highest BCUT2D eigenvalue weighted by atomic mass is 127. The van der Waals surface area contributed by atoms with Crippen LogP contribution in [0.5, 0.6) is 5.75 Å². The molecule has 0 saturated heterocycles. The van der Waals surface area contributed by atoms with E-state index in [1.54, 1.807) is 42.6 Å². The van der Waals surface area contributed by atoms with E-state index in [1.807, 2.05) is 36.4 Å². The zero-order chi connectivity index (χ0) is 31.0. The molecule has 0 saturated carbocycles. The van der Waals surface area contributed by atoms with Gasteiger partial charge in [0, 0.05) is 35.3 Å². The van der Waals surface area contributed by atoms with Crippen LogP contribution in [0.3, 0.4) is 0 Å². The van der Waals surface area contributed by atoms with Crippen LogP contribution in [0.25, 0.3) is 0 Å². The van der Waals surface area contributed by atoms with Crippen molar-refractivity contribution in [2.24, 2.45) is 0 Å². The Morgan fingerprint density at radius 2 is 1.58 bits per heavy atom. The molecule has 3 aromatic carbocycles. The lowest BCUT2D eigenvalue weighted by Gasteiger charge is -2.36. The second-order valence-corrected chi connectivity index (χ2v) is 10.3. The number of anilines is 2. The molecule has 1 aromatic heterocycles. The van der Waals surface area contributed by atoms with Crippen molar-refractivity contribution in [2.45, 2.75) is 35.8 Å². The third-order valence-corrected chi connectivity index (χ3v) is 7.21. The number of hydrogen-bond acceptors (Lipinski definition) is 4. The summed E-state index contributed by atoms with van der Waals surface area (Å²) in [7, 11) is 0. The summed E-state index contributed by atoms with van der Waals surface area (Å²) in [6.07, 6.45) is -7.03. The van der Waals surface area contributed by atoms with Crippen LogP contribution in [0.4, 0.5) is 33.7 Å². The maximum absolute atomic E-state index is 13.9. The fourth-order valence-electron chi connectivity index (χ4n) is 4.44. The molecule has 7 nitrogen and oxygen atoms in total. The van der Waals surface area contributed by atoms with E-state index in [1.165, 1.54) is 19.1 Å². The summed E-state index contributed by atoms with van der Waals surface area (Å²) in [6.45, 7) is 1.36. The summed E-state index contributed by atoms with van der Waals surface area (Å²) in [5.74, 6) is -0.807. The van der Waals surface area contributed by atoms with Gasteiger partial charge in [-0.25, -0.2) is 4.79 Å². The van der Waals surface area contributed by atoms with Gasteiger partial charge in [-0.2, -0.15) is 17.6 Å². The number of aromatic nitrogens is 1. The van der Waals surface area contributed by atoms with E-state index >= 15 is 0 Å². The van der Waals surface area contributed by atoms with Crippen LogP contribution in [0.1, 0.15) is 29.3 Å². The van der Waals surface area contributed by atoms with Crippen molar-refractivity contribution in [1.29, 1.82) is 0 Å². The number of benzene rings is 3. The van der Waals surface area contributed by atoms with Crippen molar-refractivity contribution in [3.05, 3.63) is 120 Å². The molecule has 0 radical (unpaired) electrons. The monoisotopic (exact) mass is 706 g/mol. The Hall–Kier alpha value is -4.20. The van der Waals surface area contributed by atoms with Crippen LogP contribution in [0, 0.1) is 0 Å². The topological polar surface area (TPSA) is 92.4 Å². The number of pyridine rings is 1. The van der Waals surface area contributed by atoms with E-state index in [0.717, 1.165) is 17.2 Å². The number of urea groups is 1. The van der Waals surface area contributed by atoms with Gasteiger partial charge in [-0.3, -0.25) is 9.78 Å². The van der Waals surface area contributed by atoms with Crippen molar-refractivity contribution in [3.8, 4) is 5.75 Å². The standard InChI is InChI=1S/C31H27F4IN4O3/c1-20(41)38-24-10-6-11-25(16-24)39-29(42)40-30(17-21-7-3-2-4-8-21,27-14-13-22(18-36)19-37-27)23-9-5-12-26(15-23)43-31(34,35)28(32)33/h2-16,19,28H,17-18H2,1H3,(H,38,41)(H2,39,40,42)/t30-/m0/s1. The minimum absolute atomic E-state index is 0.110. The first-order valence-electron chi connectivity index (χ1n) is 13.0. The van der Waals surface area contributed by atoms with Gasteiger partial charge in [0.2, 0.25) is 5.91 Å². The summed E-state index contributed by atoms with van der Waals surface area (Å²) in [5, 5.41) is 8.37. The molecule has 0 unspecified atom stereocenters. The van der Waals surface area contributed by atoms with Crippen molar-refractivity contribution < 1.29 is 31.9 Å². The van der Waals surface area contributed by atoms with E-state index in [2.05, 4.69) is 48.3 Å². The van der Waals surface area contributed by atoms with Crippen molar-refractivity contribution in [1.82, 2.24) is 10.3 Å². The number of nitrogens with one attached hydrogen (secondary N) is 3. The predicted molar refractivity (Wildman–Crippen MR) is 164 cm³/mol. The van der Waals surface area contributed by atoms with E-state index in [4.69, 9.17) is 0 Å². The number of ether oxygens (including phenoxy) is 1. The van der Waals surface area contributed by atoms with E-state index in [-0.39, 0.29) is 17.9 Å². The van der Waals surface area contributed by atoms with Crippen LogP contribution in [0.15, 0.2) is 97.2 Å². The van der Waals surface area contributed by atoms with Crippen LogP contribution in [-0.4, -0.2) is 29.5 Å². The number of hydrogen-bond donors (Lipinski definition) is 3. The van der Waals surface area contributed by atoms with Gasteiger partial charge >= 0.3 is 18.6 Å². The van der Waals surface area contributed by atoms with E-state index < -0.39 is 29.9 Å². The van der Waals surface area contributed by atoms with E-state index in [0.29, 0.717) is 21.5 Å². The van der Waals surface area contributed by atoms with Gasteiger partial charge in [-0.1, -0.05) is 77.2 Å². The molecule has 3 amide bonds. The average molecular weight is 706 g/mol. The van der Waals surface area contributed by atoms with Gasteiger partial charge < -0.3 is 20.7 Å². The molecule has 1 heterocycles. The van der Waals surface area contributed by atoms with Crippen LogP contribution in [-0.2, 0) is 21.2 Å². The number of halogens is 5. The number of carbonyl (C=O) groups excluding carboxylic acids is 2. The first-order valence-corrected chi connectivity index (χ1v) is 14.5. The maximum Gasteiger partial charge on any atom is 0.461 e. The fraction of sp³-hybridized carbons (Fsp3) is 0.194. The maximum atomic E-state index is 13.9. The average Bonchev–Trinajstić information content (AvgIpc) is 2.97. The van der Waals surface area contributed by atoms with E-state index in [9.17, 15) is 27.2 Å². The van der Waals surface area contributed by atoms with Gasteiger partial charge in [0.25, 0.3) is 0 Å². The van der Waals surface area contributed by atoms with Gasteiger partial charge in [0.1, 0.15) is 11.3 Å². The molecular weight excluding hydrogens is 679 g/mol. The highest BCUT2D eigenvalue weighted by Gasteiger charge is 2.44. The lowest BCUT2D eigenvalue weighted by molar-refractivity contribution is -0.253. The molecule has 3 N–H and O–H groups in total. The molecule has 12 heteroatoms. The third-order valence-electron chi connectivity index (χ3n) is 6.33. The highest BCUT2D eigenvalue weighted by Crippen LogP contribution is 2.36. The quantitative estimate of drug-likeness (QED) is 0.0856. The molecule has 1 atom stereocenters. The molecule has 0 bridgehead atoms. The minimum Gasteiger partial charge on any atom is -0.428 e. The Bertz CT molecular complexity index is 1560. The molecule has 0 fully saturated rings. The molecule has 0 aliphatic heterocycles. The molecule has 43 heavy (non-hydrogen) atoms. The highest BCUT2D eigenvalue weighted by molar-refractivity contribution is 14.1. The summed E-state index contributed by atoms with van der Waals surface area (Å²) in [6, 6.07) is 23.7. The smallest absolute Gasteiger partial charge is 0.428 e. The minimum atomic E-state index is -4.73. The van der Waals surface area contributed by atoms with Crippen LogP contribution in [0.2, 0.25) is 0 Å². The Morgan fingerprint density at radius 1 is 0.884 bits per heavy atom. The van der Waals surface area contributed by atoms with Crippen molar-refractivity contribution >= 4 is 45.9 Å². The molecular formula is C31H27F4IN4O3. The van der Waals surface area contributed by atoms with Gasteiger partial charge in [-0.15, -0.1) is 0 Å². The van der Waals surface area contributed by atoms with Crippen LogP contribution >= 0.6 is 22.6 Å². The fourth-order valence-corrected chi connectivity index (χ4v) is 4.89. The second-order valence-electron chi connectivity index (χ2n) is 9.59. The Kier molecular flexibility index (Phi) is 10.2. The Balaban J connectivity index is 1.82. The molecule has 0 aliphatic rings. The lowest BCUT2D eigenvalue weighted by Crippen LogP contribution is -2.50. The zero-order valence-electron chi connectivity index (χ0n) is 22.8. The Morgan fingerprint density at radius 3 is 2.21 bits per heavy atom. The van der Waals surface area contributed by atoms with Gasteiger partial charge in [0.05, 0.1) is 5.69 Å². The normalized spacial score (nSPS) is 12.7. The largest absolute Gasteiger partial charge is 0.461 e. The third kappa shape index (κ3) is 8.21. The predicted octanol–water partition coefficient (Wildman–Crippen LogP) is 7.52. The molecule has 4 rings (SSSR count). The van der Waals surface area contributed by atoms with Gasteiger partial charge in [0.15, 0.2) is 0 Å². The molecule has 224 valence electrons. The number of nitrogens with zero attached hydrogens (tertiary/aromatic N) is 1. The molecule has 4 aromatic rings. The Labute approximate surface area is 259 Å². The first kappa shape index (κ1) is 31.7. The second kappa shape index (κ2) is 13.8. The van der Waals surface area contributed by atoms with Crippen molar-refractivity contribution in [3.63, 3.8) is 0 Å². The number of alkyl halides is 5. The van der Waals surface area contributed by atoms with Gasteiger partial charge in [-0.05, 0) is 53.1 Å². The molecule has 0 spiro atoms. The van der Waals surface area contributed by atoms with Crippen molar-refractivity contribution in [2.75, 3.05) is 10.6 Å². The molecule has 0 aliphatic carbocycles. The van der Waals surface area contributed by atoms with Crippen LogP contribution < -0.4 is 20.7 Å². The summed E-state index contributed by atoms with van der Waals surface area (Å²) in [4.78, 5) is 29.8. The summed E-state index contributed by atoms with van der Waals surface area (Å²) in [5.41, 5.74) is 1.64. The SMILES string of the molecule is CC(=O)Nc1cccc(NC(=O)N[C@@](Cc2ccccc2)(c2cccc(OC(F)(F)C(F)F)c2)c2ccc(CI)cn2)c1. The number of amides is 3. The first-order chi connectivity index (χ1) is 20.5. The number of rotatable bonds is 11.